The standard InChI is InChI=1S/C10H16N2O.H3O4P/c1-2-7(1)9(8-3-4-8)12-10-11-5-6-13-10;1-5(2,3)4/h5-12H,1-4H2;(H3,1,2,3,4). The third kappa shape index (κ3) is 5.37. The maximum absolute atomic E-state index is 8.88. The molecule has 18 heavy (non-hydrogen) atoms. The molecule has 0 bridgehead atoms. The summed E-state index contributed by atoms with van der Waals surface area (Å²) in [5.74, 6) is 1.86. The summed E-state index contributed by atoms with van der Waals surface area (Å²) in [6.07, 6.45) is 9.25. The van der Waals surface area contributed by atoms with E-state index >= 15 is 0 Å². The van der Waals surface area contributed by atoms with E-state index in [0.717, 1.165) is 11.8 Å². The van der Waals surface area contributed by atoms with Gasteiger partial charge < -0.3 is 24.7 Å². The first-order chi connectivity index (χ1) is 8.43. The van der Waals surface area contributed by atoms with Crippen LogP contribution in [0.3, 0.4) is 0 Å². The highest BCUT2D eigenvalue weighted by atomic mass is 31.2. The highest BCUT2D eigenvalue weighted by Gasteiger charge is 2.42. The molecule has 104 valence electrons. The van der Waals surface area contributed by atoms with Crippen molar-refractivity contribution in [2.45, 2.75) is 38.1 Å². The molecule has 0 aromatic heterocycles. The van der Waals surface area contributed by atoms with Crippen molar-refractivity contribution in [3.63, 3.8) is 0 Å². The summed E-state index contributed by atoms with van der Waals surface area (Å²) in [4.78, 5) is 21.6. The van der Waals surface area contributed by atoms with E-state index in [1.165, 1.54) is 25.7 Å². The van der Waals surface area contributed by atoms with Crippen LogP contribution in [-0.2, 0) is 9.30 Å². The van der Waals surface area contributed by atoms with E-state index in [1.807, 2.05) is 6.20 Å². The second-order valence-corrected chi connectivity index (χ2v) is 5.89. The number of nitrogens with one attached hydrogen (secondary N) is 2. The van der Waals surface area contributed by atoms with E-state index in [2.05, 4.69) is 10.6 Å². The first kappa shape index (κ1) is 13.8. The number of hydrogen-bond acceptors (Lipinski definition) is 4. The topological polar surface area (TPSA) is 111 Å². The lowest BCUT2D eigenvalue weighted by molar-refractivity contribution is 0.0956. The van der Waals surface area contributed by atoms with Gasteiger partial charge in [-0.3, -0.25) is 5.32 Å². The van der Waals surface area contributed by atoms with E-state index < -0.39 is 7.82 Å². The molecule has 1 aliphatic heterocycles. The Balaban J connectivity index is 0.000000209. The largest absolute Gasteiger partial charge is 0.466 e. The van der Waals surface area contributed by atoms with Crippen LogP contribution >= 0.6 is 7.82 Å². The minimum atomic E-state index is -4.64. The van der Waals surface area contributed by atoms with Crippen LogP contribution in [-0.4, -0.2) is 27.1 Å². The average molecular weight is 278 g/mol. The Morgan fingerprint density at radius 3 is 2.06 bits per heavy atom. The summed E-state index contributed by atoms with van der Waals surface area (Å²) in [7, 11) is -4.64. The molecular weight excluding hydrogens is 259 g/mol. The molecule has 0 amide bonds. The van der Waals surface area contributed by atoms with Crippen molar-refractivity contribution in [3.05, 3.63) is 12.5 Å². The summed E-state index contributed by atoms with van der Waals surface area (Å²) in [5, 5.41) is 6.68. The molecule has 0 radical (unpaired) electrons. The third-order valence-corrected chi connectivity index (χ3v) is 3.13. The van der Waals surface area contributed by atoms with Crippen molar-refractivity contribution in [2.75, 3.05) is 0 Å². The predicted octanol–water partition coefficient (Wildman–Crippen LogP) is 0.211. The Kier molecular flexibility index (Phi) is 4.29. The summed E-state index contributed by atoms with van der Waals surface area (Å²) in [6.45, 7) is 0. The van der Waals surface area contributed by atoms with Crippen molar-refractivity contribution in [1.29, 1.82) is 0 Å². The van der Waals surface area contributed by atoms with Gasteiger partial charge in [0, 0.05) is 12.2 Å². The highest BCUT2D eigenvalue weighted by Crippen LogP contribution is 2.44. The fourth-order valence-corrected chi connectivity index (χ4v) is 2.11. The molecule has 8 heteroatoms. The molecule has 0 aromatic rings. The second kappa shape index (κ2) is 5.59. The van der Waals surface area contributed by atoms with Crippen molar-refractivity contribution in [3.8, 4) is 0 Å². The Morgan fingerprint density at radius 2 is 1.72 bits per heavy atom. The Morgan fingerprint density at radius 1 is 1.22 bits per heavy atom. The SMILES string of the molecule is C1=COC(NC(C2CC2)C2CC2)N1.O=P(O)(O)O. The van der Waals surface area contributed by atoms with Gasteiger partial charge in [-0.1, -0.05) is 0 Å². The number of hydrogen-bond donors (Lipinski definition) is 5. The summed E-state index contributed by atoms with van der Waals surface area (Å²) >= 11 is 0. The molecule has 3 rings (SSSR count). The zero-order valence-electron chi connectivity index (χ0n) is 9.90. The quantitative estimate of drug-likeness (QED) is 0.467. The van der Waals surface area contributed by atoms with Crippen LogP contribution in [0.1, 0.15) is 25.7 Å². The number of rotatable bonds is 4. The molecule has 1 atom stereocenters. The van der Waals surface area contributed by atoms with E-state index in [9.17, 15) is 0 Å². The maximum atomic E-state index is 8.88. The lowest BCUT2D eigenvalue weighted by atomic mass is 10.1. The molecule has 3 aliphatic rings. The van der Waals surface area contributed by atoms with E-state index in [1.54, 1.807) is 6.26 Å². The molecule has 1 heterocycles. The zero-order chi connectivity index (χ0) is 13.2. The Bertz CT molecular complexity index is 322. The smallest absolute Gasteiger partial charge is 0.464 e. The van der Waals surface area contributed by atoms with Gasteiger partial charge >= 0.3 is 7.82 Å². The van der Waals surface area contributed by atoms with Gasteiger partial charge in [-0.2, -0.15) is 0 Å². The van der Waals surface area contributed by atoms with Crippen molar-refractivity contribution in [2.24, 2.45) is 11.8 Å². The van der Waals surface area contributed by atoms with Gasteiger partial charge in [-0.15, -0.1) is 0 Å². The summed E-state index contributed by atoms with van der Waals surface area (Å²) in [5.41, 5.74) is 0. The first-order valence-electron chi connectivity index (χ1n) is 6.04. The van der Waals surface area contributed by atoms with E-state index in [0.29, 0.717) is 6.04 Å². The minimum Gasteiger partial charge on any atom is -0.464 e. The van der Waals surface area contributed by atoms with Crippen LogP contribution in [0.5, 0.6) is 0 Å². The van der Waals surface area contributed by atoms with Gasteiger partial charge in [-0.25, -0.2) is 4.57 Å². The Labute approximate surface area is 105 Å². The molecule has 5 N–H and O–H groups in total. The van der Waals surface area contributed by atoms with Crippen LogP contribution in [0, 0.1) is 11.8 Å². The lowest BCUT2D eigenvalue weighted by Crippen LogP contribution is -2.46. The molecule has 2 saturated carbocycles. The van der Waals surface area contributed by atoms with Gasteiger partial charge in [0.1, 0.15) is 6.26 Å². The molecule has 0 spiro atoms. The third-order valence-electron chi connectivity index (χ3n) is 3.13. The van der Waals surface area contributed by atoms with Gasteiger partial charge in [0.25, 0.3) is 0 Å². The van der Waals surface area contributed by atoms with E-state index in [-0.39, 0.29) is 6.35 Å². The van der Waals surface area contributed by atoms with E-state index in [4.69, 9.17) is 24.0 Å². The van der Waals surface area contributed by atoms with Gasteiger partial charge in [0.05, 0.1) is 0 Å². The molecule has 0 saturated heterocycles. The van der Waals surface area contributed by atoms with Crippen LogP contribution < -0.4 is 10.6 Å². The molecule has 2 fully saturated rings. The normalized spacial score (nSPS) is 26.3. The lowest BCUT2D eigenvalue weighted by Gasteiger charge is -2.22. The Hall–Kier alpha value is -0.590. The van der Waals surface area contributed by atoms with Crippen LogP contribution in [0.2, 0.25) is 0 Å². The van der Waals surface area contributed by atoms with Crippen molar-refractivity contribution < 1.29 is 24.0 Å². The van der Waals surface area contributed by atoms with Gasteiger partial charge in [-0.05, 0) is 37.5 Å². The highest BCUT2D eigenvalue weighted by molar-refractivity contribution is 7.45. The van der Waals surface area contributed by atoms with Gasteiger partial charge in [0.15, 0.2) is 0 Å². The molecule has 2 aliphatic carbocycles. The average Bonchev–Trinajstić information content (AvgIpc) is 3.14. The number of phosphoric acid groups is 1. The van der Waals surface area contributed by atoms with Crippen LogP contribution in [0.25, 0.3) is 0 Å². The van der Waals surface area contributed by atoms with Gasteiger partial charge in [0.2, 0.25) is 6.35 Å². The number of ether oxygens (including phenoxy) is 1. The predicted molar refractivity (Wildman–Crippen MR) is 63.8 cm³/mol. The monoisotopic (exact) mass is 278 g/mol. The minimum absolute atomic E-state index is 0.0335. The molecular formula is C10H19N2O5P. The fraction of sp³-hybridized carbons (Fsp3) is 0.800. The first-order valence-corrected chi connectivity index (χ1v) is 7.61. The summed E-state index contributed by atoms with van der Waals surface area (Å²) in [6, 6.07) is 0.706. The van der Waals surface area contributed by atoms with Crippen molar-refractivity contribution in [1.82, 2.24) is 10.6 Å². The maximum Gasteiger partial charge on any atom is 0.466 e. The van der Waals surface area contributed by atoms with Crippen LogP contribution in [0.15, 0.2) is 12.5 Å². The molecule has 7 nitrogen and oxygen atoms in total. The molecule has 1 unspecified atom stereocenters. The zero-order valence-corrected chi connectivity index (χ0v) is 10.8. The second-order valence-electron chi connectivity index (χ2n) is 4.87. The molecule has 0 aromatic carbocycles. The van der Waals surface area contributed by atoms with Crippen molar-refractivity contribution >= 4 is 7.82 Å². The van der Waals surface area contributed by atoms with Crippen LogP contribution in [0.4, 0.5) is 0 Å². The summed E-state index contributed by atoms with van der Waals surface area (Å²) < 4.78 is 14.2. The fourth-order valence-electron chi connectivity index (χ4n) is 2.11.